The minimum atomic E-state index is -0.0299. The largest absolute Gasteiger partial charge is 0.310 e. The molecule has 5 heterocycles. The van der Waals surface area contributed by atoms with Gasteiger partial charge in [0.2, 0.25) is 0 Å². The summed E-state index contributed by atoms with van der Waals surface area (Å²) in [5.74, 6) is 0. The summed E-state index contributed by atoms with van der Waals surface area (Å²) in [7, 11) is 0. The van der Waals surface area contributed by atoms with E-state index in [2.05, 4.69) is 232 Å². The van der Waals surface area contributed by atoms with E-state index in [1.165, 1.54) is 181 Å². The van der Waals surface area contributed by atoms with Crippen molar-refractivity contribution in [1.82, 2.24) is 13.7 Å². The Labute approximate surface area is 423 Å². The van der Waals surface area contributed by atoms with E-state index in [-0.39, 0.29) is 6.71 Å². The van der Waals surface area contributed by atoms with E-state index in [0.29, 0.717) is 0 Å². The van der Waals surface area contributed by atoms with Gasteiger partial charge in [-0.3, -0.25) is 0 Å². The van der Waals surface area contributed by atoms with Crippen LogP contribution in [0.15, 0.2) is 218 Å². The molecule has 20 rings (SSSR count). The zero-order valence-electron chi connectivity index (χ0n) is 39.7. The smallest absolute Gasteiger partial charge is 0.252 e. The fraction of sp³-hybridized carbons (Fsp3) is 0. The Morgan fingerprint density at radius 3 is 1.38 bits per heavy atom. The molecule has 334 valence electrons. The van der Waals surface area contributed by atoms with Gasteiger partial charge < -0.3 is 13.7 Å². The first-order valence-corrected chi connectivity index (χ1v) is 26.0. The molecule has 0 radical (unpaired) electrons. The van der Waals surface area contributed by atoms with Gasteiger partial charge in [0.1, 0.15) is 0 Å². The molecule has 0 amide bonds. The predicted octanol–water partition coefficient (Wildman–Crippen LogP) is 16.0. The van der Waals surface area contributed by atoms with E-state index in [1.54, 1.807) is 0 Å². The molecular formula is C70H36BN3. The second kappa shape index (κ2) is 12.5. The van der Waals surface area contributed by atoms with Crippen LogP contribution in [0.25, 0.3) is 170 Å². The molecule has 0 fully saturated rings. The maximum atomic E-state index is 2.70. The third-order valence-corrected chi connectivity index (χ3v) is 18.2. The van der Waals surface area contributed by atoms with Crippen LogP contribution in [0.1, 0.15) is 0 Å². The van der Waals surface area contributed by atoms with Gasteiger partial charge in [0, 0.05) is 43.7 Å². The lowest BCUT2D eigenvalue weighted by atomic mass is 9.34. The van der Waals surface area contributed by atoms with Crippen LogP contribution in [0.5, 0.6) is 0 Å². The quantitative estimate of drug-likeness (QED) is 0.146. The first-order chi connectivity index (χ1) is 36.8. The SMILES string of the molecule is c1ccc2c(c1)-c1cccc3ccc4c(c13)c1c-2cccc1n4-c1cc2c3c(c1)-n1c4ccc5ccccc5c4c4c5ccccc5cc(c41)B3c1ccc3c4c5c6c(cccc6ccc5n-2c14)-c1ccccc1-3. The Morgan fingerprint density at radius 1 is 0.257 bits per heavy atom. The van der Waals surface area contributed by atoms with Gasteiger partial charge in [-0.05, 0) is 140 Å². The van der Waals surface area contributed by atoms with Crippen molar-refractivity contribution in [3.05, 3.63) is 218 Å². The highest BCUT2D eigenvalue weighted by Gasteiger charge is 2.43. The first kappa shape index (κ1) is 37.2. The van der Waals surface area contributed by atoms with Gasteiger partial charge in [-0.15, -0.1) is 0 Å². The number of fused-ring (bicyclic) bond motifs is 18. The van der Waals surface area contributed by atoms with Crippen LogP contribution < -0.4 is 16.4 Å². The lowest BCUT2D eigenvalue weighted by Gasteiger charge is -2.35. The van der Waals surface area contributed by atoms with Crippen molar-refractivity contribution in [3.63, 3.8) is 0 Å². The second-order valence-electron chi connectivity index (χ2n) is 21.4. The van der Waals surface area contributed by atoms with Gasteiger partial charge in [-0.1, -0.05) is 182 Å². The van der Waals surface area contributed by atoms with Crippen molar-refractivity contribution in [2.24, 2.45) is 0 Å². The lowest BCUT2D eigenvalue weighted by Crippen LogP contribution is -2.59. The van der Waals surface area contributed by atoms with E-state index in [0.717, 1.165) is 5.69 Å². The zero-order chi connectivity index (χ0) is 47.4. The van der Waals surface area contributed by atoms with Crippen LogP contribution >= 0.6 is 0 Å². The number of nitrogens with zero attached hydrogens (tertiary/aromatic N) is 3. The Kier molecular flexibility index (Phi) is 6.29. The molecule has 16 aromatic rings. The average molecular weight is 930 g/mol. The Hall–Kier alpha value is -9.64. The summed E-state index contributed by atoms with van der Waals surface area (Å²) in [6.45, 7) is -0.0299. The van der Waals surface area contributed by atoms with Crippen molar-refractivity contribution < 1.29 is 0 Å². The summed E-state index contributed by atoms with van der Waals surface area (Å²) < 4.78 is 7.99. The molecular weight excluding hydrogens is 894 g/mol. The highest BCUT2D eigenvalue weighted by Crippen LogP contribution is 2.53. The normalized spacial score (nSPS) is 13.4. The predicted molar refractivity (Wildman–Crippen MR) is 313 cm³/mol. The first-order valence-electron chi connectivity index (χ1n) is 26.0. The van der Waals surface area contributed by atoms with Gasteiger partial charge in [0.05, 0.1) is 38.8 Å². The second-order valence-corrected chi connectivity index (χ2v) is 21.4. The number of benzene rings is 13. The summed E-state index contributed by atoms with van der Waals surface area (Å²) >= 11 is 0. The van der Waals surface area contributed by atoms with Gasteiger partial charge in [-0.2, -0.15) is 0 Å². The molecule has 0 atom stereocenters. The highest BCUT2D eigenvalue weighted by molar-refractivity contribution is 7.00. The molecule has 3 aromatic heterocycles. The van der Waals surface area contributed by atoms with Crippen molar-refractivity contribution in [1.29, 1.82) is 0 Å². The number of rotatable bonds is 1. The highest BCUT2D eigenvalue weighted by atomic mass is 15.1. The molecule has 0 N–H and O–H groups in total. The number of hydrogen-bond donors (Lipinski definition) is 0. The van der Waals surface area contributed by atoms with Crippen molar-refractivity contribution in [2.75, 3.05) is 0 Å². The Morgan fingerprint density at radius 2 is 0.716 bits per heavy atom. The van der Waals surface area contributed by atoms with Crippen molar-refractivity contribution in [3.8, 4) is 61.6 Å². The van der Waals surface area contributed by atoms with Crippen LogP contribution in [0.3, 0.4) is 0 Å². The third-order valence-electron chi connectivity index (χ3n) is 18.2. The van der Waals surface area contributed by atoms with E-state index in [1.807, 2.05) is 0 Å². The molecule has 13 aromatic carbocycles. The minimum Gasteiger partial charge on any atom is -0.310 e. The summed E-state index contributed by atoms with van der Waals surface area (Å²) in [5, 5.41) is 18.3. The van der Waals surface area contributed by atoms with E-state index >= 15 is 0 Å². The van der Waals surface area contributed by atoms with Gasteiger partial charge in [-0.25, -0.2) is 0 Å². The molecule has 0 saturated heterocycles. The van der Waals surface area contributed by atoms with E-state index in [4.69, 9.17) is 0 Å². The minimum absolute atomic E-state index is 0.0299. The molecule has 74 heavy (non-hydrogen) atoms. The average Bonchev–Trinajstić information content (AvgIpc) is 4.15. The zero-order valence-corrected chi connectivity index (χ0v) is 39.7. The van der Waals surface area contributed by atoms with Crippen molar-refractivity contribution in [2.45, 2.75) is 0 Å². The van der Waals surface area contributed by atoms with Crippen molar-refractivity contribution >= 4 is 132 Å². The van der Waals surface area contributed by atoms with E-state index in [9.17, 15) is 0 Å². The Balaban J connectivity index is 1.03. The van der Waals surface area contributed by atoms with Crippen LogP contribution in [-0.2, 0) is 0 Å². The fourth-order valence-electron chi connectivity index (χ4n) is 15.6. The summed E-state index contributed by atoms with van der Waals surface area (Å²) in [6, 6.07) is 84.0. The van der Waals surface area contributed by atoms with Crippen LogP contribution in [-0.4, -0.2) is 20.4 Å². The van der Waals surface area contributed by atoms with Gasteiger partial charge in [0.15, 0.2) is 0 Å². The molecule has 4 aliphatic rings. The van der Waals surface area contributed by atoms with Gasteiger partial charge >= 0.3 is 0 Å². The maximum Gasteiger partial charge on any atom is 0.252 e. The summed E-state index contributed by atoms with van der Waals surface area (Å²) in [5.41, 5.74) is 25.7. The molecule has 0 saturated carbocycles. The number of hydrogen-bond acceptors (Lipinski definition) is 0. The monoisotopic (exact) mass is 929 g/mol. The van der Waals surface area contributed by atoms with Crippen LogP contribution in [0, 0.1) is 0 Å². The standard InChI is InChI=1S/C70H36BN3/c1-3-16-42-37(12-1)26-31-55-62(42)64-43-17-4-2-13-40(43)34-53-70(64)73(55)58-35-41(72-54-25-11-24-50-46-20-7-5-18-44(46)48-22-9-14-38-27-32-56(72)66(60(38)48)63(50)54)36-59-68(58)71(53)52-30-29-51-47-21-8-6-19-45(47)49-23-10-15-39-28-33-57-67(61(39)49)65(51)69(52)74(57)59/h1-36H. The molecule has 2 aliphatic carbocycles. The van der Waals surface area contributed by atoms with E-state index < -0.39 is 0 Å². The molecule has 0 bridgehead atoms. The van der Waals surface area contributed by atoms with Crippen LogP contribution in [0.2, 0.25) is 0 Å². The topological polar surface area (TPSA) is 14.8 Å². The molecule has 0 spiro atoms. The number of aromatic nitrogens is 3. The Bertz CT molecular complexity index is 5450. The molecule has 3 nitrogen and oxygen atoms in total. The fourth-order valence-corrected chi connectivity index (χ4v) is 15.6. The molecule has 0 unspecified atom stereocenters. The molecule has 4 heteroatoms. The lowest BCUT2D eigenvalue weighted by molar-refractivity contribution is 1.10. The third kappa shape index (κ3) is 4.06. The summed E-state index contributed by atoms with van der Waals surface area (Å²) in [6.07, 6.45) is 0. The van der Waals surface area contributed by atoms with Gasteiger partial charge in [0.25, 0.3) is 6.71 Å². The summed E-state index contributed by atoms with van der Waals surface area (Å²) in [4.78, 5) is 0. The maximum absolute atomic E-state index is 2.70. The van der Waals surface area contributed by atoms with Crippen LogP contribution in [0.4, 0.5) is 0 Å². The molecule has 2 aliphatic heterocycles.